The summed E-state index contributed by atoms with van der Waals surface area (Å²) in [7, 11) is 0. The molecule has 0 spiro atoms. The molecule has 0 saturated carbocycles. The van der Waals surface area contributed by atoms with Gasteiger partial charge in [-0.15, -0.1) is 0 Å². The van der Waals surface area contributed by atoms with Gasteiger partial charge in [-0.25, -0.2) is 0 Å². The third-order valence-corrected chi connectivity index (χ3v) is 3.61. The molecule has 2 aromatic rings. The average Bonchev–Trinajstić information content (AvgIpc) is 2.71. The largest absolute Gasteiger partial charge is 0.289 e. The number of rotatable bonds is 3. The van der Waals surface area contributed by atoms with E-state index in [1.165, 1.54) is 18.4 Å². The van der Waals surface area contributed by atoms with Gasteiger partial charge >= 0.3 is 0 Å². The highest BCUT2D eigenvalue weighted by Gasteiger charge is 2.25. The molecule has 0 unspecified atom stereocenters. The first kappa shape index (κ1) is 11.2. The molecule has 0 aliphatic heterocycles. The molecular formula is C17H16O. The van der Waals surface area contributed by atoms with Crippen LogP contribution in [0.25, 0.3) is 11.1 Å². The van der Waals surface area contributed by atoms with Gasteiger partial charge in [0, 0.05) is 11.1 Å². The summed E-state index contributed by atoms with van der Waals surface area (Å²) < 4.78 is 0. The van der Waals surface area contributed by atoms with Gasteiger partial charge in [0.1, 0.15) is 0 Å². The van der Waals surface area contributed by atoms with Crippen molar-refractivity contribution in [1.82, 2.24) is 0 Å². The van der Waals surface area contributed by atoms with E-state index in [-0.39, 0.29) is 5.78 Å². The van der Waals surface area contributed by atoms with Crippen molar-refractivity contribution in [1.29, 1.82) is 0 Å². The zero-order valence-electron chi connectivity index (χ0n) is 10.6. The lowest BCUT2D eigenvalue weighted by Crippen LogP contribution is -1.96. The van der Waals surface area contributed by atoms with Crippen LogP contribution in [0.3, 0.4) is 0 Å². The molecule has 0 amide bonds. The highest BCUT2D eigenvalue weighted by Crippen LogP contribution is 2.36. The second-order valence-corrected chi connectivity index (χ2v) is 4.86. The molecule has 2 aromatic carbocycles. The zero-order valence-corrected chi connectivity index (χ0v) is 10.6. The molecule has 0 radical (unpaired) electrons. The number of hydrogen-bond donors (Lipinski definition) is 0. The minimum absolute atomic E-state index is 0.180. The van der Waals surface area contributed by atoms with Gasteiger partial charge in [0.25, 0.3) is 0 Å². The molecule has 0 heterocycles. The molecule has 0 atom stereocenters. The Kier molecular flexibility index (Phi) is 2.75. The molecule has 0 saturated heterocycles. The molecule has 0 bridgehead atoms. The first-order valence-electron chi connectivity index (χ1n) is 6.58. The monoisotopic (exact) mass is 236 g/mol. The standard InChI is InChI=1S/C17H16O/c1-2-3-6-12-9-10-14-13-7-4-5-8-15(13)17(18)16(14)11-12/h4-5,7-11H,2-3,6H2,1H3. The van der Waals surface area contributed by atoms with E-state index in [9.17, 15) is 4.79 Å². The van der Waals surface area contributed by atoms with E-state index in [1.807, 2.05) is 24.3 Å². The maximum absolute atomic E-state index is 12.3. The molecule has 18 heavy (non-hydrogen) atoms. The van der Waals surface area contributed by atoms with Crippen molar-refractivity contribution in [2.24, 2.45) is 0 Å². The van der Waals surface area contributed by atoms with E-state index in [1.54, 1.807) is 0 Å². The van der Waals surface area contributed by atoms with Crippen LogP contribution in [0.4, 0.5) is 0 Å². The van der Waals surface area contributed by atoms with Gasteiger partial charge in [-0.2, -0.15) is 0 Å². The first-order valence-corrected chi connectivity index (χ1v) is 6.58. The van der Waals surface area contributed by atoms with Crippen LogP contribution in [0.1, 0.15) is 41.3 Å². The minimum atomic E-state index is 0.180. The summed E-state index contributed by atoms with van der Waals surface area (Å²) in [5.74, 6) is 0.180. The summed E-state index contributed by atoms with van der Waals surface area (Å²) in [4.78, 5) is 12.3. The second-order valence-electron chi connectivity index (χ2n) is 4.86. The fourth-order valence-electron chi connectivity index (χ4n) is 2.61. The van der Waals surface area contributed by atoms with Crippen molar-refractivity contribution in [2.45, 2.75) is 26.2 Å². The Labute approximate surface area is 107 Å². The number of hydrogen-bond acceptors (Lipinski definition) is 1. The average molecular weight is 236 g/mol. The normalized spacial score (nSPS) is 12.4. The van der Waals surface area contributed by atoms with Crippen LogP contribution >= 0.6 is 0 Å². The minimum Gasteiger partial charge on any atom is -0.289 e. The van der Waals surface area contributed by atoms with E-state index in [0.29, 0.717) is 0 Å². The van der Waals surface area contributed by atoms with E-state index >= 15 is 0 Å². The predicted octanol–water partition coefficient (Wildman–Crippen LogP) is 4.24. The smallest absolute Gasteiger partial charge is 0.194 e. The van der Waals surface area contributed by atoms with Gasteiger partial charge in [0.2, 0.25) is 0 Å². The van der Waals surface area contributed by atoms with Crippen molar-refractivity contribution >= 4 is 5.78 Å². The number of benzene rings is 2. The van der Waals surface area contributed by atoms with Gasteiger partial charge in [0.15, 0.2) is 5.78 Å². The van der Waals surface area contributed by atoms with Crippen LogP contribution in [0, 0.1) is 0 Å². The third kappa shape index (κ3) is 1.67. The second kappa shape index (κ2) is 4.41. The Morgan fingerprint density at radius 2 is 1.61 bits per heavy atom. The molecular weight excluding hydrogens is 220 g/mol. The number of fused-ring (bicyclic) bond motifs is 3. The highest BCUT2D eigenvalue weighted by molar-refractivity contribution is 6.21. The predicted molar refractivity (Wildman–Crippen MR) is 73.9 cm³/mol. The first-order chi connectivity index (χ1) is 8.81. The molecule has 1 aliphatic rings. The number of ketones is 1. The summed E-state index contributed by atoms with van der Waals surface area (Å²) >= 11 is 0. The number of aryl methyl sites for hydroxylation is 1. The van der Waals surface area contributed by atoms with Crippen LogP contribution in [-0.4, -0.2) is 5.78 Å². The summed E-state index contributed by atoms with van der Waals surface area (Å²) in [5.41, 5.74) is 5.18. The van der Waals surface area contributed by atoms with Crippen molar-refractivity contribution < 1.29 is 4.79 Å². The van der Waals surface area contributed by atoms with E-state index in [4.69, 9.17) is 0 Å². The van der Waals surface area contributed by atoms with Gasteiger partial charge in [-0.3, -0.25) is 4.79 Å². The molecule has 1 heteroatoms. The van der Waals surface area contributed by atoms with Crippen LogP contribution in [-0.2, 0) is 6.42 Å². The Bertz CT molecular complexity index is 611. The Morgan fingerprint density at radius 1 is 0.889 bits per heavy atom. The van der Waals surface area contributed by atoms with Crippen LogP contribution < -0.4 is 0 Å². The summed E-state index contributed by atoms with van der Waals surface area (Å²) in [5, 5.41) is 0. The fourth-order valence-corrected chi connectivity index (χ4v) is 2.61. The van der Waals surface area contributed by atoms with Gasteiger partial charge in [-0.1, -0.05) is 49.7 Å². The lowest BCUT2D eigenvalue weighted by Gasteiger charge is -2.03. The number of carbonyl (C=O) groups excluding carboxylic acids is 1. The van der Waals surface area contributed by atoms with Gasteiger partial charge < -0.3 is 0 Å². The van der Waals surface area contributed by atoms with E-state index < -0.39 is 0 Å². The SMILES string of the molecule is CCCCc1ccc2c(c1)C(=O)c1ccccc1-2. The lowest BCUT2D eigenvalue weighted by atomic mass is 10.0. The Morgan fingerprint density at radius 3 is 2.39 bits per heavy atom. The Hall–Kier alpha value is -1.89. The molecule has 90 valence electrons. The van der Waals surface area contributed by atoms with Gasteiger partial charge in [0.05, 0.1) is 0 Å². The van der Waals surface area contributed by atoms with E-state index in [0.717, 1.165) is 28.7 Å². The van der Waals surface area contributed by atoms with Crippen molar-refractivity contribution in [3.63, 3.8) is 0 Å². The molecule has 1 aliphatic carbocycles. The number of unbranched alkanes of at least 4 members (excludes halogenated alkanes) is 1. The van der Waals surface area contributed by atoms with Crippen LogP contribution in [0.15, 0.2) is 42.5 Å². The quantitative estimate of drug-likeness (QED) is 0.664. The maximum Gasteiger partial charge on any atom is 0.194 e. The molecule has 0 aromatic heterocycles. The van der Waals surface area contributed by atoms with Crippen LogP contribution in [0.2, 0.25) is 0 Å². The molecule has 1 nitrogen and oxygen atoms in total. The van der Waals surface area contributed by atoms with Crippen LogP contribution in [0.5, 0.6) is 0 Å². The van der Waals surface area contributed by atoms with Crippen molar-refractivity contribution in [2.75, 3.05) is 0 Å². The molecule has 0 N–H and O–H groups in total. The highest BCUT2D eigenvalue weighted by atomic mass is 16.1. The number of carbonyl (C=O) groups is 1. The topological polar surface area (TPSA) is 17.1 Å². The van der Waals surface area contributed by atoms with E-state index in [2.05, 4.69) is 25.1 Å². The van der Waals surface area contributed by atoms with Gasteiger partial charge in [-0.05, 0) is 35.6 Å². The van der Waals surface area contributed by atoms with Crippen molar-refractivity contribution in [3.8, 4) is 11.1 Å². The Balaban J connectivity index is 2.05. The summed E-state index contributed by atoms with van der Waals surface area (Å²) in [6.45, 7) is 2.19. The fraction of sp³-hybridized carbons (Fsp3) is 0.235. The van der Waals surface area contributed by atoms with Crippen molar-refractivity contribution in [3.05, 3.63) is 59.2 Å². The molecule has 3 rings (SSSR count). The lowest BCUT2D eigenvalue weighted by molar-refractivity contribution is 0.104. The zero-order chi connectivity index (χ0) is 12.5. The third-order valence-electron chi connectivity index (χ3n) is 3.61. The summed E-state index contributed by atoms with van der Waals surface area (Å²) in [6.07, 6.45) is 3.43. The maximum atomic E-state index is 12.3. The summed E-state index contributed by atoms with van der Waals surface area (Å²) in [6, 6.07) is 14.2. The molecule has 0 fully saturated rings.